The molecule has 0 atom stereocenters. The standard InChI is InChI=1S/C16H29NO3/c17-13-14(5-3-1-2-4-6-14)15(18)7-9-16(10-8-15)19-11-12-20-16/h18H,1-13,17H2. The van der Waals surface area contributed by atoms with E-state index >= 15 is 0 Å². The predicted octanol–water partition coefficient (Wildman–Crippen LogP) is 2.33. The van der Waals surface area contributed by atoms with Gasteiger partial charge in [-0.15, -0.1) is 0 Å². The van der Waals surface area contributed by atoms with Gasteiger partial charge in [-0.05, 0) is 25.7 Å². The van der Waals surface area contributed by atoms with Gasteiger partial charge in [-0.1, -0.05) is 25.7 Å². The van der Waals surface area contributed by atoms with Crippen LogP contribution in [0, 0.1) is 5.41 Å². The maximum Gasteiger partial charge on any atom is 0.168 e. The van der Waals surface area contributed by atoms with E-state index < -0.39 is 11.4 Å². The molecule has 0 aromatic heterocycles. The van der Waals surface area contributed by atoms with Gasteiger partial charge in [0.05, 0.1) is 18.8 Å². The highest BCUT2D eigenvalue weighted by Crippen LogP contribution is 2.52. The summed E-state index contributed by atoms with van der Waals surface area (Å²) < 4.78 is 11.6. The van der Waals surface area contributed by atoms with Gasteiger partial charge in [0, 0.05) is 24.8 Å². The van der Waals surface area contributed by atoms with Crippen molar-refractivity contribution >= 4 is 0 Å². The molecule has 116 valence electrons. The molecule has 1 heterocycles. The Kier molecular flexibility index (Phi) is 4.10. The van der Waals surface area contributed by atoms with E-state index in [-0.39, 0.29) is 5.41 Å². The number of nitrogens with two attached hydrogens (primary N) is 1. The number of hydrogen-bond acceptors (Lipinski definition) is 4. The zero-order chi connectivity index (χ0) is 14.1. The molecule has 1 saturated heterocycles. The lowest BCUT2D eigenvalue weighted by Crippen LogP contribution is -2.56. The molecule has 3 rings (SSSR count). The van der Waals surface area contributed by atoms with Crippen molar-refractivity contribution in [3.63, 3.8) is 0 Å². The molecule has 3 fully saturated rings. The lowest BCUT2D eigenvalue weighted by molar-refractivity contribution is -0.223. The first-order valence-corrected chi connectivity index (χ1v) is 8.34. The van der Waals surface area contributed by atoms with Crippen LogP contribution in [0.1, 0.15) is 64.2 Å². The van der Waals surface area contributed by atoms with Gasteiger partial charge in [0.15, 0.2) is 5.79 Å². The predicted molar refractivity (Wildman–Crippen MR) is 77.2 cm³/mol. The number of aliphatic hydroxyl groups is 1. The van der Waals surface area contributed by atoms with E-state index in [1.165, 1.54) is 25.7 Å². The summed E-state index contributed by atoms with van der Waals surface area (Å²) in [5.74, 6) is -0.396. The van der Waals surface area contributed by atoms with Crippen LogP contribution in [0.4, 0.5) is 0 Å². The van der Waals surface area contributed by atoms with Crippen LogP contribution in [0.5, 0.6) is 0 Å². The van der Waals surface area contributed by atoms with Gasteiger partial charge >= 0.3 is 0 Å². The second-order valence-corrected chi connectivity index (χ2v) is 7.04. The highest BCUT2D eigenvalue weighted by molar-refractivity contribution is 5.04. The van der Waals surface area contributed by atoms with Gasteiger partial charge in [0.2, 0.25) is 0 Å². The van der Waals surface area contributed by atoms with Crippen LogP contribution in [-0.4, -0.2) is 36.3 Å². The third-order valence-electron chi connectivity index (χ3n) is 6.09. The maximum atomic E-state index is 11.3. The molecule has 2 saturated carbocycles. The molecular formula is C16H29NO3. The van der Waals surface area contributed by atoms with Gasteiger partial charge in [0.25, 0.3) is 0 Å². The molecule has 0 amide bonds. The monoisotopic (exact) mass is 283 g/mol. The Labute approximate surface area is 122 Å². The second kappa shape index (κ2) is 5.56. The number of hydrogen-bond donors (Lipinski definition) is 2. The zero-order valence-electron chi connectivity index (χ0n) is 12.5. The molecule has 3 aliphatic rings. The number of rotatable bonds is 2. The fourth-order valence-electron chi connectivity index (χ4n) is 4.63. The smallest absolute Gasteiger partial charge is 0.168 e. The van der Waals surface area contributed by atoms with E-state index in [1.54, 1.807) is 0 Å². The van der Waals surface area contributed by atoms with Crippen molar-refractivity contribution in [1.29, 1.82) is 0 Å². The third kappa shape index (κ3) is 2.41. The van der Waals surface area contributed by atoms with E-state index in [2.05, 4.69) is 0 Å². The van der Waals surface area contributed by atoms with Gasteiger partial charge in [-0.25, -0.2) is 0 Å². The Balaban J connectivity index is 1.74. The normalized spacial score (nSPS) is 32.1. The summed E-state index contributed by atoms with van der Waals surface area (Å²) in [5, 5.41) is 11.3. The lowest BCUT2D eigenvalue weighted by atomic mass is 9.60. The summed E-state index contributed by atoms with van der Waals surface area (Å²) >= 11 is 0. The quantitative estimate of drug-likeness (QED) is 0.763. The van der Waals surface area contributed by atoms with Crippen molar-refractivity contribution < 1.29 is 14.6 Å². The molecule has 0 radical (unpaired) electrons. The Morgan fingerprint density at radius 3 is 1.85 bits per heavy atom. The van der Waals surface area contributed by atoms with Crippen molar-refractivity contribution in [3.05, 3.63) is 0 Å². The van der Waals surface area contributed by atoms with Crippen LogP contribution >= 0.6 is 0 Å². The lowest BCUT2D eigenvalue weighted by Gasteiger charge is -2.51. The summed E-state index contributed by atoms with van der Waals surface area (Å²) in [6.07, 6.45) is 10.3. The molecule has 0 bridgehead atoms. The number of ether oxygens (including phenoxy) is 2. The molecule has 20 heavy (non-hydrogen) atoms. The maximum absolute atomic E-state index is 11.3. The SMILES string of the molecule is NCC1(C2(O)CCC3(CC2)OCCO3)CCCCCC1. The molecule has 4 nitrogen and oxygen atoms in total. The summed E-state index contributed by atoms with van der Waals surface area (Å²) in [6, 6.07) is 0. The average Bonchev–Trinajstić information content (AvgIpc) is 2.78. The minimum absolute atomic E-state index is 0.0796. The molecule has 3 N–H and O–H groups in total. The van der Waals surface area contributed by atoms with E-state index in [0.717, 1.165) is 38.5 Å². The second-order valence-electron chi connectivity index (χ2n) is 7.04. The van der Waals surface area contributed by atoms with E-state index in [4.69, 9.17) is 15.2 Å². The molecule has 0 aromatic rings. The van der Waals surface area contributed by atoms with Gasteiger partial charge in [-0.2, -0.15) is 0 Å². The topological polar surface area (TPSA) is 64.7 Å². The molecule has 4 heteroatoms. The van der Waals surface area contributed by atoms with Crippen molar-refractivity contribution in [2.24, 2.45) is 11.1 Å². The van der Waals surface area contributed by atoms with E-state index in [0.29, 0.717) is 19.8 Å². The molecule has 1 aliphatic heterocycles. The fraction of sp³-hybridized carbons (Fsp3) is 1.00. The zero-order valence-corrected chi connectivity index (χ0v) is 12.5. The van der Waals surface area contributed by atoms with Crippen LogP contribution in [0.15, 0.2) is 0 Å². The van der Waals surface area contributed by atoms with Crippen LogP contribution in [0.3, 0.4) is 0 Å². The van der Waals surface area contributed by atoms with Crippen LogP contribution in [-0.2, 0) is 9.47 Å². The van der Waals surface area contributed by atoms with Crippen molar-refractivity contribution in [2.75, 3.05) is 19.8 Å². The summed E-state index contributed by atoms with van der Waals surface area (Å²) in [5.41, 5.74) is 5.45. The van der Waals surface area contributed by atoms with Crippen molar-refractivity contribution in [3.8, 4) is 0 Å². The Morgan fingerprint density at radius 2 is 1.35 bits per heavy atom. The van der Waals surface area contributed by atoms with Crippen molar-refractivity contribution in [2.45, 2.75) is 75.6 Å². The first-order valence-electron chi connectivity index (χ1n) is 8.34. The molecule has 0 unspecified atom stereocenters. The van der Waals surface area contributed by atoms with Crippen LogP contribution < -0.4 is 5.73 Å². The van der Waals surface area contributed by atoms with Gasteiger partial charge in [-0.3, -0.25) is 0 Å². The van der Waals surface area contributed by atoms with Crippen molar-refractivity contribution in [1.82, 2.24) is 0 Å². The first-order chi connectivity index (χ1) is 9.64. The largest absolute Gasteiger partial charge is 0.389 e. The molecule has 2 aliphatic carbocycles. The highest BCUT2D eigenvalue weighted by Gasteiger charge is 2.54. The summed E-state index contributed by atoms with van der Waals surface area (Å²) in [4.78, 5) is 0. The van der Waals surface area contributed by atoms with E-state index in [9.17, 15) is 5.11 Å². The van der Waals surface area contributed by atoms with Crippen LogP contribution in [0.25, 0.3) is 0 Å². The third-order valence-corrected chi connectivity index (χ3v) is 6.09. The molecule has 0 aromatic carbocycles. The minimum Gasteiger partial charge on any atom is -0.389 e. The average molecular weight is 283 g/mol. The van der Waals surface area contributed by atoms with Gasteiger partial charge < -0.3 is 20.3 Å². The Morgan fingerprint density at radius 1 is 0.800 bits per heavy atom. The fourth-order valence-corrected chi connectivity index (χ4v) is 4.63. The van der Waals surface area contributed by atoms with E-state index in [1.807, 2.05) is 0 Å². The summed E-state index contributed by atoms with van der Waals surface area (Å²) in [7, 11) is 0. The minimum atomic E-state index is -0.618. The Hall–Kier alpha value is -0.160. The molecular weight excluding hydrogens is 254 g/mol. The Bertz CT molecular complexity index is 321. The summed E-state index contributed by atoms with van der Waals surface area (Å²) in [6.45, 7) is 2.00. The molecule has 1 spiro atoms. The first kappa shape index (κ1) is 14.8. The van der Waals surface area contributed by atoms with Gasteiger partial charge in [0.1, 0.15) is 0 Å². The van der Waals surface area contributed by atoms with Crippen LogP contribution in [0.2, 0.25) is 0 Å². The highest BCUT2D eigenvalue weighted by atomic mass is 16.7.